The second-order valence-corrected chi connectivity index (χ2v) is 14.7. The molecule has 2 aromatic heterocycles. The lowest BCUT2D eigenvalue weighted by molar-refractivity contribution is -0.383. The number of alkyl halides is 3. The molecule has 2 aromatic rings. The maximum absolute atomic E-state index is 14.0. The standard InChI is InChI=1S/C18H23ClF3N3O3Si/c1-29(2,3)8-7-28-11-24-10-12(17(5-4-6-17)18(20,21)22)15-13(25(26)27)9-14(19)23-16(15)24/h9-10H,4-8,11H2,1-3H3. The third kappa shape index (κ3) is 4.15. The molecule has 1 aliphatic rings. The van der Waals surface area contributed by atoms with Gasteiger partial charge in [-0.1, -0.05) is 37.7 Å². The predicted molar refractivity (Wildman–Crippen MR) is 107 cm³/mol. The van der Waals surface area contributed by atoms with Crippen LogP contribution in [0.15, 0.2) is 12.3 Å². The Bertz CT molecular complexity index is 936. The van der Waals surface area contributed by atoms with E-state index in [4.69, 9.17) is 16.3 Å². The number of hydrogen-bond acceptors (Lipinski definition) is 4. The first kappa shape index (κ1) is 22.0. The van der Waals surface area contributed by atoms with Crippen molar-refractivity contribution in [1.82, 2.24) is 9.55 Å². The van der Waals surface area contributed by atoms with Gasteiger partial charge in [-0.2, -0.15) is 13.2 Å². The summed E-state index contributed by atoms with van der Waals surface area (Å²) in [5.74, 6) is 0. The molecule has 1 aliphatic carbocycles. The van der Waals surface area contributed by atoms with Crippen molar-refractivity contribution in [2.24, 2.45) is 0 Å². The first-order valence-corrected chi connectivity index (χ1v) is 13.4. The molecule has 1 saturated carbocycles. The van der Waals surface area contributed by atoms with E-state index in [1.165, 1.54) is 10.8 Å². The summed E-state index contributed by atoms with van der Waals surface area (Å²) in [6, 6.07) is 1.90. The van der Waals surface area contributed by atoms with E-state index < -0.39 is 30.3 Å². The molecular weight excluding hydrogens is 427 g/mol. The van der Waals surface area contributed by atoms with Gasteiger partial charge >= 0.3 is 6.18 Å². The summed E-state index contributed by atoms with van der Waals surface area (Å²) in [6.07, 6.45) is -3.01. The molecule has 0 aromatic carbocycles. The van der Waals surface area contributed by atoms with Crippen LogP contribution in [0.2, 0.25) is 30.8 Å². The summed E-state index contributed by atoms with van der Waals surface area (Å²) in [6.45, 7) is 6.98. The Morgan fingerprint density at radius 2 is 2.03 bits per heavy atom. The summed E-state index contributed by atoms with van der Waals surface area (Å²) in [5, 5.41) is 11.3. The van der Waals surface area contributed by atoms with Crippen LogP contribution in [0.5, 0.6) is 0 Å². The highest BCUT2D eigenvalue weighted by atomic mass is 35.5. The van der Waals surface area contributed by atoms with Crippen molar-refractivity contribution in [2.75, 3.05) is 6.61 Å². The monoisotopic (exact) mass is 449 g/mol. The molecule has 3 rings (SSSR count). The van der Waals surface area contributed by atoms with Gasteiger partial charge < -0.3 is 9.30 Å². The normalized spacial score (nSPS) is 16.8. The van der Waals surface area contributed by atoms with Gasteiger partial charge in [-0.3, -0.25) is 10.1 Å². The zero-order valence-electron chi connectivity index (χ0n) is 16.5. The minimum atomic E-state index is -4.52. The fourth-order valence-corrected chi connectivity index (χ4v) is 4.56. The van der Waals surface area contributed by atoms with Crippen LogP contribution in [0, 0.1) is 10.1 Å². The number of fused-ring (bicyclic) bond motifs is 1. The lowest BCUT2D eigenvalue weighted by Crippen LogP contribution is -2.47. The van der Waals surface area contributed by atoms with E-state index in [-0.39, 0.29) is 41.3 Å². The lowest BCUT2D eigenvalue weighted by atomic mass is 9.64. The van der Waals surface area contributed by atoms with Crippen LogP contribution >= 0.6 is 11.6 Å². The van der Waals surface area contributed by atoms with Crippen LogP contribution in [-0.4, -0.2) is 35.3 Å². The summed E-state index contributed by atoms with van der Waals surface area (Å²) in [4.78, 5) is 15.0. The van der Waals surface area contributed by atoms with Crippen LogP contribution < -0.4 is 0 Å². The maximum Gasteiger partial charge on any atom is 0.398 e. The molecular formula is C18H23ClF3N3O3Si. The number of nitrogens with zero attached hydrogens (tertiary/aromatic N) is 3. The van der Waals surface area contributed by atoms with Gasteiger partial charge in [-0.25, -0.2) is 4.98 Å². The zero-order chi connectivity index (χ0) is 21.6. The largest absolute Gasteiger partial charge is 0.398 e. The minimum Gasteiger partial charge on any atom is -0.361 e. The molecule has 0 radical (unpaired) electrons. The van der Waals surface area contributed by atoms with Crippen molar-refractivity contribution < 1.29 is 22.8 Å². The zero-order valence-corrected chi connectivity index (χ0v) is 18.2. The Labute approximate surface area is 172 Å². The molecule has 0 atom stereocenters. The van der Waals surface area contributed by atoms with Gasteiger partial charge in [-0.15, -0.1) is 0 Å². The quantitative estimate of drug-likeness (QED) is 0.173. The number of rotatable bonds is 7. The first-order valence-electron chi connectivity index (χ1n) is 9.34. The number of ether oxygens (including phenoxy) is 1. The molecule has 6 nitrogen and oxygen atoms in total. The molecule has 0 unspecified atom stereocenters. The van der Waals surface area contributed by atoms with Gasteiger partial charge in [0.05, 0.1) is 16.4 Å². The van der Waals surface area contributed by atoms with Gasteiger partial charge in [0.25, 0.3) is 5.69 Å². The van der Waals surface area contributed by atoms with Crippen molar-refractivity contribution in [3.05, 3.63) is 33.1 Å². The summed E-state index contributed by atoms with van der Waals surface area (Å²) in [7, 11) is -1.34. The molecule has 11 heteroatoms. The molecule has 2 heterocycles. The Hall–Kier alpha value is -1.65. The van der Waals surface area contributed by atoms with Gasteiger partial charge in [0.2, 0.25) is 0 Å². The van der Waals surface area contributed by atoms with E-state index in [1.54, 1.807) is 0 Å². The van der Waals surface area contributed by atoms with Crippen molar-refractivity contribution in [2.45, 2.75) is 63.3 Å². The smallest absolute Gasteiger partial charge is 0.361 e. The highest BCUT2D eigenvalue weighted by Gasteiger charge is 2.60. The van der Waals surface area contributed by atoms with Crippen LogP contribution in [0.1, 0.15) is 24.8 Å². The SMILES string of the molecule is C[Si](C)(C)CCOCn1cc(C2(C(F)(F)F)CCC2)c2c([N+](=O)[O-])cc(Cl)nc21. The Morgan fingerprint density at radius 1 is 1.38 bits per heavy atom. The molecule has 29 heavy (non-hydrogen) atoms. The van der Waals surface area contributed by atoms with Crippen molar-refractivity contribution >= 4 is 36.4 Å². The molecule has 0 bridgehead atoms. The summed E-state index contributed by atoms with van der Waals surface area (Å²) < 4.78 is 49.0. The number of pyridine rings is 1. The minimum absolute atomic E-state index is 0.0422. The van der Waals surface area contributed by atoms with Gasteiger partial charge in [0.1, 0.15) is 17.3 Å². The van der Waals surface area contributed by atoms with E-state index in [0.29, 0.717) is 13.0 Å². The highest BCUT2D eigenvalue weighted by Crippen LogP contribution is 2.57. The van der Waals surface area contributed by atoms with E-state index >= 15 is 0 Å². The van der Waals surface area contributed by atoms with Crippen LogP contribution in [0.4, 0.5) is 18.9 Å². The van der Waals surface area contributed by atoms with Crippen LogP contribution in [0.25, 0.3) is 11.0 Å². The third-order valence-corrected chi connectivity index (χ3v) is 7.36. The number of hydrogen-bond donors (Lipinski definition) is 0. The van der Waals surface area contributed by atoms with Gasteiger partial charge in [0.15, 0.2) is 5.65 Å². The van der Waals surface area contributed by atoms with Crippen LogP contribution in [-0.2, 0) is 16.9 Å². The summed E-state index contributed by atoms with van der Waals surface area (Å²) >= 11 is 5.94. The third-order valence-electron chi connectivity index (χ3n) is 5.46. The number of halogens is 4. The molecule has 0 amide bonds. The summed E-state index contributed by atoms with van der Waals surface area (Å²) in [5.41, 5.74) is -2.64. The fourth-order valence-electron chi connectivity index (χ4n) is 3.62. The molecule has 160 valence electrons. The average Bonchev–Trinajstić information content (AvgIpc) is 2.86. The molecule has 1 fully saturated rings. The Kier molecular flexibility index (Phi) is 5.74. The van der Waals surface area contributed by atoms with Crippen molar-refractivity contribution in [1.29, 1.82) is 0 Å². The van der Waals surface area contributed by atoms with E-state index in [9.17, 15) is 23.3 Å². The topological polar surface area (TPSA) is 70.2 Å². The second kappa shape index (κ2) is 7.55. The molecule has 0 aliphatic heterocycles. The number of nitro groups is 1. The van der Waals surface area contributed by atoms with Gasteiger partial charge in [0, 0.05) is 26.4 Å². The maximum atomic E-state index is 14.0. The van der Waals surface area contributed by atoms with Crippen molar-refractivity contribution in [3.63, 3.8) is 0 Å². The van der Waals surface area contributed by atoms with E-state index in [0.717, 1.165) is 12.1 Å². The predicted octanol–water partition coefficient (Wildman–Crippen LogP) is 5.89. The van der Waals surface area contributed by atoms with E-state index in [2.05, 4.69) is 24.6 Å². The lowest BCUT2D eigenvalue weighted by Gasteiger charge is -2.43. The van der Waals surface area contributed by atoms with Crippen molar-refractivity contribution in [3.8, 4) is 0 Å². The number of aromatic nitrogens is 2. The van der Waals surface area contributed by atoms with E-state index in [1.807, 2.05) is 0 Å². The highest BCUT2D eigenvalue weighted by molar-refractivity contribution is 6.76. The van der Waals surface area contributed by atoms with Crippen LogP contribution in [0.3, 0.4) is 0 Å². The molecule has 0 N–H and O–H groups in total. The molecule has 0 saturated heterocycles. The van der Waals surface area contributed by atoms with Gasteiger partial charge in [-0.05, 0) is 18.9 Å². The Morgan fingerprint density at radius 3 is 2.52 bits per heavy atom. The fraction of sp³-hybridized carbons (Fsp3) is 0.611. The average molecular weight is 450 g/mol. The first-order chi connectivity index (χ1) is 13.4. The second-order valence-electron chi connectivity index (χ2n) is 8.71. The Balaban J connectivity index is 2.10. The molecule has 0 spiro atoms.